The molecule has 0 spiro atoms. The van der Waals surface area contributed by atoms with Crippen LogP contribution in [0.2, 0.25) is 0 Å². The van der Waals surface area contributed by atoms with Crippen molar-refractivity contribution in [2.75, 3.05) is 0 Å². The van der Waals surface area contributed by atoms with Crippen molar-refractivity contribution < 1.29 is 0 Å². The van der Waals surface area contributed by atoms with Crippen molar-refractivity contribution >= 4 is 84.1 Å². The third-order valence-electron chi connectivity index (χ3n) is 5.44. The second kappa shape index (κ2) is 7.31. The number of halogens is 2. The molecule has 30 heavy (non-hydrogen) atoms. The van der Waals surface area contributed by atoms with Crippen LogP contribution in [0.1, 0.15) is 0 Å². The minimum Gasteiger partial charge on any atom is -0.134 e. The van der Waals surface area contributed by atoms with E-state index in [1.165, 1.54) is 51.8 Å². The first-order valence-corrected chi connectivity index (χ1v) is 12.8. The van der Waals surface area contributed by atoms with Gasteiger partial charge in [-0.05, 0) is 58.7 Å². The molecule has 0 unspecified atom stereocenters. The summed E-state index contributed by atoms with van der Waals surface area (Å²) in [5.74, 6) is 0. The summed E-state index contributed by atoms with van der Waals surface area (Å²) in [6, 6.07) is 30.8. The lowest BCUT2D eigenvalue weighted by Crippen LogP contribution is -1.77. The maximum absolute atomic E-state index is 3.52. The van der Waals surface area contributed by atoms with Gasteiger partial charge in [-0.15, -0.1) is 22.7 Å². The molecule has 0 amide bonds. The van der Waals surface area contributed by atoms with Crippen molar-refractivity contribution in [3.05, 3.63) is 93.9 Å². The van der Waals surface area contributed by atoms with Gasteiger partial charge in [0.25, 0.3) is 0 Å². The molecule has 0 saturated carbocycles. The highest BCUT2D eigenvalue weighted by Gasteiger charge is 2.13. The highest BCUT2D eigenvalue weighted by molar-refractivity contribution is 9.10. The van der Waals surface area contributed by atoms with Gasteiger partial charge in [-0.3, -0.25) is 0 Å². The molecule has 144 valence electrons. The van der Waals surface area contributed by atoms with E-state index in [9.17, 15) is 0 Å². The number of benzene rings is 4. The van der Waals surface area contributed by atoms with Crippen molar-refractivity contribution in [1.29, 1.82) is 0 Å². The Morgan fingerprint density at radius 2 is 0.800 bits per heavy atom. The molecule has 4 aromatic carbocycles. The van der Waals surface area contributed by atoms with Crippen LogP contribution in [0.4, 0.5) is 0 Å². The number of hydrogen-bond acceptors (Lipinski definition) is 2. The van der Waals surface area contributed by atoms with Gasteiger partial charge in [-0.2, -0.15) is 0 Å². The third-order valence-corrected chi connectivity index (χ3v) is 9.00. The zero-order valence-corrected chi connectivity index (χ0v) is 20.5. The molecule has 0 bridgehead atoms. The minimum atomic E-state index is 1.11. The quantitative estimate of drug-likeness (QED) is 0.201. The number of fused-ring (bicyclic) bond motifs is 5. The predicted octanol–water partition coefficient (Wildman–Crippen LogP) is 10.1. The Kier molecular flexibility index (Phi) is 4.57. The van der Waals surface area contributed by atoms with Crippen molar-refractivity contribution in [3.63, 3.8) is 0 Å². The van der Waals surface area contributed by atoms with E-state index in [0.29, 0.717) is 0 Å². The maximum Gasteiger partial charge on any atom is 0.0542 e. The van der Waals surface area contributed by atoms with Crippen LogP contribution in [0.3, 0.4) is 0 Å². The van der Waals surface area contributed by atoms with E-state index in [1.54, 1.807) is 0 Å². The molecule has 2 heterocycles. The van der Waals surface area contributed by atoms with Crippen LogP contribution < -0.4 is 0 Å². The highest BCUT2D eigenvalue weighted by atomic mass is 79.9. The molecule has 6 aromatic rings. The molecular formula is C26H14Br2S2. The van der Waals surface area contributed by atoms with E-state index in [0.717, 1.165) is 8.95 Å². The van der Waals surface area contributed by atoms with Gasteiger partial charge in [0.1, 0.15) is 0 Å². The Balaban J connectivity index is 1.48. The van der Waals surface area contributed by atoms with Gasteiger partial charge in [0.15, 0.2) is 0 Å². The molecule has 2 aromatic heterocycles. The lowest BCUT2D eigenvalue weighted by atomic mass is 10.0. The van der Waals surface area contributed by atoms with Crippen LogP contribution >= 0.6 is 54.5 Å². The zero-order valence-electron chi connectivity index (χ0n) is 15.7. The van der Waals surface area contributed by atoms with Crippen LogP contribution in [-0.2, 0) is 0 Å². The van der Waals surface area contributed by atoms with Crippen molar-refractivity contribution in [3.8, 4) is 22.3 Å². The molecular weight excluding hydrogens is 536 g/mol. The van der Waals surface area contributed by atoms with E-state index in [-0.39, 0.29) is 0 Å². The topological polar surface area (TPSA) is 0 Å². The average molecular weight is 550 g/mol. The Bertz CT molecular complexity index is 1420. The fraction of sp³-hybridized carbons (Fsp3) is 0. The molecule has 0 atom stereocenters. The Morgan fingerprint density at radius 3 is 1.20 bits per heavy atom. The summed E-state index contributed by atoms with van der Waals surface area (Å²) in [6.07, 6.45) is 0. The van der Waals surface area contributed by atoms with Crippen molar-refractivity contribution in [2.45, 2.75) is 0 Å². The fourth-order valence-electron chi connectivity index (χ4n) is 3.90. The highest BCUT2D eigenvalue weighted by Crippen LogP contribution is 2.45. The van der Waals surface area contributed by atoms with E-state index in [4.69, 9.17) is 0 Å². The zero-order chi connectivity index (χ0) is 20.2. The van der Waals surface area contributed by atoms with Crippen LogP contribution in [0, 0.1) is 0 Å². The second-order valence-electron chi connectivity index (χ2n) is 7.30. The lowest BCUT2D eigenvalue weighted by Gasteiger charge is -2.03. The molecule has 0 aliphatic rings. The fourth-order valence-corrected chi connectivity index (χ4v) is 7.16. The van der Waals surface area contributed by atoms with Gasteiger partial charge < -0.3 is 0 Å². The van der Waals surface area contributed by atoms with Crippen LogP contribution in [-0.4, -0.2) is 0 Å². The predicted molar refractivity (Wildman–Crippen MR) is 141 cm³/mol. The van der Waals surface area contributed by atoms with Crippen LogP contribution in [0.15, 0.2) is 93.9 Å². The van der Waals surface area contributed by atoms with Gasteiger partial charge in [-0.1, -0.05) is 80.4 Å². The van der Waals surface area contributed by atoms with E-state index < -0.39 is 0 Å². The number of hydrogen-bond donors (Lipinski definition) is 0. The van der Waals surface area contributed by atoms with Gasteiger partial charge in [0.05, 0.1) is 9.40 Å². The van der Waals surface area contributed by atoms with Gasteiger partial charge in [-0.25, -0.2) is 0 Å². The number of rotatable bonds is 2. The van der Waals surface area contributed by atoms with E-state index in [2.05, 4.69) is 117 Å². The number of thiophene rings is 2. The largest absolute Gasteiger partial charge is 0.134 e. The summed E-state index contributed by atoms with van der Waals surface area (Å²) in [5, 5.41) is 2.73. The molecule has 0 radical (unpaired) electrons. The Labute approximate surface area is 199 Å². The second-order valence-corrected chi connectivity index (χ2v) is 11.2. The minimum absolute atomic E-state index is 1.11. The molecule has 4 heteroatoms. The normalized spacial score (nSPS) is 11.7. The summed E-state index contributed by atoms with van der Waals surface area (Å²) in [5.41, 5.74) is 5.04. The molecule has 6 rings (SSSR count). The summed E-state index contributed by atoms with van der Waals surface area (Å²) < 4.78 is 7.74. The molecule has 0 saturated heterocycles. The first-order chi connectivity index (χ1) is 14.7. The van der Waals surface area contributed by atoms with Crippen LogP contribution in [0.5, 0.6) is 0 Å². The Hall–Kier alpha value is -1.98. The summed E-state index contributed by atoms with van der Waals surface area (Å²) in [6.45, 7) is 0. The van der Waals surface area contributed by atoms with Crippen molar-refractivity contribution in [2.24, 2.45) is 0 Å². The summed E-state index contributed by atoms with van der Waals surface area (Å²) in [7, 11) is 0. The summed E-state index contributed by atoms with van der Waals surface area (Å²) in [4.78, 5) is 0. The van der Waals surface area contributed by atoms with E-state index >= 15 is 0 Å². The molecule has 0 fully saturated rings. The van der Waals surface area contributed by atoms with Crippen molar-refractivity contribution in [1.82, 2.24) is 0 Å². The smallest absolute Gasteiger partial charge is 0.0542 e. The first-order valence-electron chi connectivity index (χ1n) is 9.56. The Morgan fingerprint density at radius 1 is 0.433 bits per heavy atom. The van der Waals surface area contributed by atoms with Gasteiger partial charge in [0, 0.05) is 29.1 Å². The van der Waals surface area contributed by atoms with E-state index in [1.807, 2.05) is 22.7 Å². The van der Waals surface area contributed by atoms with Gasteiger partial charge in [0.2, 0.25) is 0 Å². The summed E-state index contributed by atoms with van der Waals surface area (Å²) >= 11 is 10.9. The van der Waals surface area contributed by atoms with Gasteiger partial charge >= 0.3 is 0 Å². The monoisotopic (exact) mass is 548 g/mol. The molecule has 0 N–H and O–H groups in total. The third kappa shape index (κ3) is 3.14. The van der Waals surface area contributed by atoms with Crippen LogP contribution in [0.25, 0.3) is 51.8 Å². The first kappa shape index (κ1) is 18.8. The average Bonchev–Trinajstić information content (AvgIpc) is 3.29. The maximum atomic E-state index is 3.52. The molecule has 0 aliphatic carbocycles. The molecule has 0 aliphatic heterocycles. The standard InChI is InChI=1S/C26H14Br2S2/c27-19-7-1-15(2-8-19)17-5-11-21-23(13-17)29-26-22-12-6-18(14-24(22)30-25(21)26)16-3-9-20(28)10-4-16/h1-14H. The SMILES string of the molecule is Brc1ccc(-c2ccc3c(c2)sc2c4ccc(-c5ccc(Br)cc5)cc4sc32)cc1. The molecule has 0 nitrogen and oxygen atoms in total. The lowest BCUT2D eigenvalue weighted by molar-refractivity contribution is 1.62.